The molecule has 0 aliphatic heterocycles. The third-order valence-electron chi connectivity index (χ3n) is 5.06. The van der Waals surface area contributed by atoms with E-state index in [0.717, 1.165) is 24.6 Å². The van der Waals surface area contributed by atoms with Crippen molar-refractivity contribution >= 4 is 5.82 Å². The van der Waals surface area contributed by atoms with Gasteiger partial charge in [-0.15, -0.1) is 0 Å². The summed E-state index contributed by atoms with van der Waals surface area (Å²) in [7, 11) is 0. The monoisotopic (exact) mass is 273 g/mol. The highest BCUT2D eigenvalue weighted by Crippen LogP contribution is 2.29. The fourth-order valence-corrected chi connectivity index (χ4v) is 3.71. The van der Waals surface area contributed by atoms with Crippen LogP contribution in [0.2, 0.25) is 0 Å². The standard InChI is InChI=1S/C17H27N3/c1-13-8-4-2-6-10-15(13)20-17-14-9-5-3-7-11-16(14)18-12-19-17/h12-13,15H,2-11H2,1H3,(H,18,19,20). The van der Waals surface area contributed by atoms with E-state index in [-0.39, 0.29) is 0 Å². The van der Waals surface area contributed by atoms with Crippen molar-refractivity contribution in [1.82, 2.24) is 9.97 Å². The molecule has 0 spiro atoms. The molecule has 2 aliphatic rings. The molecule has 3 heteroatoms. The summed E-state index contributed by atoms with van der Waals surface area (Å²) in [6.45, 7) is 2.39. The Kier molecular flexibility index (Phi) is 4.54. The molecule has 3 rings (SSSR count). The van der Waals surface area contributed by atoms with Crippen LogP contribution in [-0.2, 0) is 12.8 Å². The van der Waals surface area contributed by atoms with Gasteiger partial charge in [-0.25, -0.2) is 9.97 Å². The van der Waals surface area contributed by atoms with E-state index in [1.165, 1.54) is 62.6 Å². The van der Waals surface area contributed by atoms with Crippen LogP contribution < -0.4 is 5.32 Å². The van der Waals surface area contributed by atoms with Crippen LogP contribution in [0.5, 0.6) is 0 Å². The van der Waals surface area contributed by atoms with Crippen LogP contribution in [0.4, 0.5) is 5.82 Å². The number of nitrogens with one attached hydrogen (secondary N) is 1. The molecule has 1 N–H and O–H groups in total. The minimum atomic E-state index is 0.597. The Morgan fingerprint density at radius 2 is 1.75 bits per heavy atom. The van der Waals surface area contributed by atoms with Crippen LogP contribution in [0.15, 0.2) is 6.33 Å². The van der Waals surface area contributed by atoms with Gasteiger partial charge in [0, 0.05) is 17.3 Å². The van der Waals surface area contributed by atoms with Gasteiger partial charge in [-0.2, -0.15) is 0 Å². The molecule has 1 heterocycles. The number of aromatic nitrogens is 2. The van der Waals surface area contributed by atoms with Gasteiger partial charge in [-0.05, 0) is 44.4 Å². The van der Waals surface area contributed by atoms with Crippen LogP contribution in [-0.4, -0.2) is 16.0 Å². The van der Waals surface area contributed by atoms with Crippen LogP contribution in [0.1, 0.15) is 69.5 Å². The molecule has 0 radical (unpaired) electrons. The zero-order valence-electron chi connectivity index (χ0n) is 12.7. The van der Waals surface area contributed by atoms with Crippen molar-refractivity contribution in [3.8, 4) is 0 Å². The van der Waals surface area contributed by atoms with Crippen LogP contribution in [0.3, 0.4) is 0 Å². The Hall–Kier alpha value is -1.12. The highest BCUT2D eigenvalue weighted by molar-refractivity contribution is 5.47. The summed E-state index contributed by atoms with van der Waals surface area (Å²) in [6.07, 6.45) is 14.7. The molecule has 1 saturated carbocycles. The minimum absolute atomic E-state index is 0.597. The number of hydrogen-bond acceptors (Lipinski definition) is 3. The highest BCUT2D eigenvalue weighted by Gasteiger charge is 2.22. The molecule has 1 fully saturated rings. The highest BCUT2D eigenvalue weighted by atomic mass is 15.0. The van der Waals surface area contributed by atoms with Gasteiger partial charge < -0.3 is 5.32 Å². The van der Waals surface area contributed by atoms with Gasteiger partial charge in [0.15, 0.2) is 0 Å². The second-order valence-electron chi connectivity index (χ2n) is 6.57. The van der Waals surface area contributed by atoms with Crippen molar-refractivity contribution in [3.63, 3.8) is 0 Å². The number of anilines is 1. The Bertz CT molecular complexity index is 444. The number of fused-ring (bicyclic) bond motifs is 1. The zero-order valence-corrected chi connectivity index (χ0v) is 12.7. The number of nitrogens with zero attached hydrogens (tertiary/aromatic N) is 2. The second-order valence-corrected chi connectivity index (χ2v) is 6.57. The molecule has 2 aliphatic carbocycles. The van der Waals surface area contributed by atoms with Crippen LogP contribution >= 0.6 is 0 Å². The maximum absolute atomic E-state index is 4.57. The van der Waals surface area contributed by atoms with Gasteiger partial charge in [-0.1, -0.05) is 32.6 Å². The Labute approximate surface area is 122 Å². The van der Waals surface area contributed by atoms with Gasteiger partial charge in [0.05, 0.1) is 0 Å². The topological polar surface area (TPSA) is 37.8 Å². The average Bonchev–Trinajstić information content (AvgIpc) is 2.81. The van der Waals surface area contributed by atoms with E-state index in [9.17, 15) is 0 Å². The van der Waals surface area contributed by atoms with Crippen molar-refractivity contribution in [2.75, 3.05) is 5.32 Å². The summed E-state index contributed by atoms with van der Waals surface area (Å²) < 4.78 is 0. The van der Waals surface area contributed by atoms with Crippen molar-refractivity contribution in [3.05, 3.63) is 17.6 Å². The zero-order chi connectivity index (χ0) is 13.8. The summed E-state index contributed by atoms with van der Waals surface area (Å²) in [5, 5.41) is 3.78. The smallest absolute Gasteiger partial charge is 0.133 e. The van der Waals surface area contributed by atoms with Gasteiger partial charge in [0.2, 0.25) is 0 Å². The summed E-state index contributed by atoms with van der Waals surface area (Å²) in [5.41, 5.74) is 2.70. The van der Waals surface area contributed by atoms with Gasteiger partial charge in [0.25, 0.3) is 0 Å². The number of rotatable bonds is 2. The first-order valence-corrected chi connectivity index (χ1v) is 8.44. The summed E-state index contributed by atoms with van der Waals surface area (Å²) in [4.78, 5) is 9.09. The Balaban J connectivity index is 1.79. The van der Waals surface area contributed by atoms with E-state index in [1.807, 2.05) is 0 Å². The van der Waals surface area contributed by atoms with Crippen LogP contribution in [0.25, 0.3) is 0 Å². The van der Waals surface area contributed by atoms with Crippen molar-refractivity contribution in [2.24, 2.45) is 5.92 Å². The fourth-order valence-electron chi connectivity index (χ4n) is 3.71. The molecular weight excluding hydrogens is 246 g/mol. The maximum Gasteiger partial charge on any atom is 0.133 e. The molecule has 2 atom stereocenters. The first-order chi connectivity index (χ1) is 9.84. The minimum Gasteiger partial charge on any atom is -0.367 e. The fraction of sp³-hybridized carbons (Fsp3) is 0.765. The summed E-state index contributed by atoms with van der Waals surface area (Å²) >= 11 is 0. The molecule has 0 amide bonds. The van der Waals surface area contributed by atoms with E-state index in [0.29, 0.717) is 6.04 Å². The average molecular weight is 273 g/mol. The van der Waals surface area contributed by atoms with Crippen LogP contribution in [0, 0.1) is 5.92 Å². The number of aryl methyl sites for hydroxylation is 1. The van der Waals surface area contributed by atoms with E-state index in [1.54, 1.807) is 6.33 Å². The number of hydrogen-bond donors (Lipinski definition) is 1. The molecule has 110 valence electrons. The molecule has 2 unspecified atom stereocenters. The third kappa shape index (κ3) is 3.13. The largest absolute Gasteiger partial charge is 0.367 e. The molecule has 0 aromatic carbocycles. The Morgan fingerprint density at radius 3 is 2.70 bits per heavy atom. The van der Waals surface area contributed by atoms with Gasteiger partial charge >= 0.3 is 0 Å². The lowest BCUT2D eigenvalue weighted by molar-refractivity contribution is 0.455. The lowest BCUT2D eigenvalue weighted by Crippen LogP contribution is -2.27. The Morgan fingerprint density at radius 1 is 0.950 bits per heavy atom. The van der Waals surface area contributed by atoms with Crippen molar-refractivity contribution < 1.29 is 0 Å². The third-order valence-corrected chi connectivity index (χ3v) is 5.06. The van der Waals surface area contributed by atoms with Gasteiger partial charge in [0.1, 0.15) is 12.1 Å². The quantitative estimate of drug-likeness (QED) is 0.650. The predicted molar refractivity (Wildman–Crippen MR) is 83.0 cm³/mol. The molecule has 0 bridgehead atoms. The van der Waals surface area contributed by atoms with E-state index in [2.05, 4.69) is 22.2 Å². The van der Waals surface area contributed by atoms with E-state index in [4.69, 9.17) is 0 Å². The summed E-state index contributed by atoms with van der Waals surface area (Å²) in [6, 6.07) is 0.597. The molecule has 20 heavy (non-hydrogen) atoms. The normalized spacial score (nSPS) is 27.2. The van der Waals surface area contributed by atoms with Crippen molar-refractivity contribution in [1.29, 1.82) is 0 Å². The van der Waals surface area contributed by atoms with Gasteiger partial charge in [-0.3, -0.25) is 0 Å². The van der Waals surface area contributed by atoms with E-state index < -0.39 is 0 Å². The van der Waals surface area contributed by atoms with Crippen molar-refractivity contribution in [2.45, 2.75) is 77.2 Å². The molecule has 1 aromatic heterocycles. The maximum atomic E-state index is 4.57. The first-order valence-electron chi connectivity index (χ1n) is 8.44. The first kappa shape index (κ1) is 13.8. The molecule has 3 nitrogen and oxygen atoms in total. The predicted octanol–water partition coefficient (Wildman–Crippen LogP) is 4.13. The second kappa shape index (κ2) is 6.55. The summed E-state index contributed by atoms with van der Waals surface area (Å²) in [5.74, 6) is 1.89. The molecular formula is C17H27N3. The lowest BCUT2D eigenvalue weighted by atomic mass is 9.96. The molecule has 1 aromatic rings. The lowest BCUT2D eigenvalue weighted by Gasteiger charge is -2.25. The molecule has 0 saturated heterocycles. The van der Waals surface area contributed by atoms with E-state index >= 15 is 0 Å². The SMILES string of the molecule is CC1CCCCCC1Nc1ncnc2c1CCCCC2.